The highest BCUT2D eigenvalue weighted by Crippen LogP contribution is 2.35. The first-order valence-corrected chi connectivity index (χ1v) is 19.5. The number of ether oxygens (including phenoxy) is 2. The van der Waals surface area contributed by atoms with E-state index in [1.165, 1.54) is 19.1 Å². The maximum absolute atomic E-state index is 13.7. The quantitative estimate of drug-likeness (QED) is 0.128. The Morgan fingerprint density at radius 3 is 1.61 bits per heavy atom. The maximum Gasteiger partial charge on any atom is 0.407 e. The molecule has 2 aromatic carbocycles. The van der Waals surface area contributed by atoms with Crippen LogP contribution in [-0.4, -0.2) is 117 Å². The van der Waals surface area contributed by atoms with Crippen LogP contribution < -0.4 is 10.6 Å². The van der Waals surface area contributed by atoms with Gasteiger partial charge < -0.3 is 39.9 Å². The summed E-state index contributed by atoms with van der Waals surface area (Å²) in [6.45, 7) is 6.15. The van der Waals surface area contributed by atoms with Gasteiger partial charge in [-0.3, -0.25) is 14.5 Å². The van der Waals surface area contributed by atoms with Crippen LogP contribution in [-0.2, 0) is 19.1 Å². The Labute approximate surface area is 340 Å². The van der Waals surface area contributed by atoms with E-state index in [0.29, 0.717) is 23.9 Å². The lowest BCUT2D eigenvalue weighted by atomic mass is 10.0. The van der Waals surface area contributed by atoms with E-state index in [-0.39, 0.29) is 37.0 Å². The molecule has 15 nitrogen and oxygen atoms in total. The highest BCUT2D eigenvalue weighted by molar-refractivity contribution is 5.87. The summed E-state index contributed by atoms with van der Waals surface area (Å²) in [6, 6.07) is 12.8. The fourth-order valence-electron chi connectivity index (χ4n) is 7.60. The molecule has 18 heteroatoms. The summed E-state index contributed by atoms with van der Waals surface area (Å²) in [7, 11) is 2.43. The molecular weight excluding hydrogens is 772 g/mol. The number of amides is 4. The number of halogens is 3. The third kappa shape index (κ3) is 9.87. The van der Waals surface area contributed by atoms with E-state index in [1.54, 1.807) is 31.1 Å². The third-order valence-corrected chi connectivity index (χ3v) is 10.7. The minimum Gasteiger partial charge on any atom is -0.453 e. The molecular formula is C41H50F3N9O6. The summed E-state index contributed by atoms with van der Waals surface area (Å²) in [5.74, 6) is -0.226. The van der Waals surface area contributed by atoms with Crippen LogP contribution in [0.4, 0.5) is 22.8 Å². The van der Waals surface area contributed by atoms with Gasteiger partial charge in [0, 0.05) is 13.1 Å². The Morgan fingerprint density at radius 2 is 1.17 bits per heavy atom. The molecule has 0 aliphatic carbocycles. The summed E-state index contributed by atoms with van der Waals surface area (Å²) in [5.41, 5.74) is 5.01. The number of carbonyl (C=O) groups is 4. The lowest BCUT2D eigenvalue weighted by molar-refractivity contribution is -0.148. The lowest BCUT2D eigenvalue weighted by Crippen LogP contribution is -2.51. The van der Waals surface area contributed by atoms with E-state index in [9.17, 15) is 32.3 Å². The number of imidazole rings is 2. The van der Waals surface area contributed by atoms with Crippen molar-refractivity contribution in [2.45, 2.75) is 70.9 Å². The van der Waals surface area contributed by atoms with Crippen LogP contribution in [0.2, 0.25) is 0 Å². The van der Waals surface area contributed by atoms with Crippen LogP contribution in [0.3, 0.4) is 0 Å². The van der Waals surface area contributed by atoms with Crippen molar-refractivity contribution in [1.82, 2.24) is 45.3 Å². The van der Waals surface area contributed by atoms with E-state index in [1.807, 2.05) is 62.4 Å². The minimum atomic E-state index is -4.48. The number of aromatic amines is 2. The zero-order valence-electron chi connectivity index (χ0n) is 33.8. The molecule has 4 amide bonds. The van der Waals surface area contributed by atoms with Gasteiger partial charge in [0.2, 0.25) is 11.8 Å². The molecule has 4 heterocycles. The number of nitrogens with zero attached hydrogens (tertiary/aromatic N) is 5. The fraction of sp³-hybridized carbons (Fsp3) is 0.463. The number of hydrogen-bond acceptors (Lipinski definition) is 9. The number of hydrogen-bond donors (Lipinski definition) is 4. The lowest BCUT2D eigenvalue weighted by Gasteiger charge is -2.30. The van der Waals surface area contributed by atoms with Gasteiger partial charge in [0.25, 0.3) is 0 Å². The summed E-state index contributed by atoms with van der Waals surface area (Å²) >= 11 is 0. The molecule has 2 aliphatic heterocycles. The number of likely N-dealkylation sites (tertiary alicyclic amines) is 1. The first-order valence-electron chi connectivity index (χ1n) is 19.5. The standard InChI is InChI=1S/C41H50F3N9O6/c1-23(2)33(49-39(56)58-5)37(54)52-17-7-8-31(52)35-45-18-29(47-35)27-13-9-25(10-14-27)26-11-15-28(16-12-26)30-19-46-36(48-30)32-20-51(21-41(42,43)44)22-53(32)38(55)34(24(3)4)50-40(57)59-6/h9-16,18-19,23-24,31-34H,7-8,17,20-22H2,1-6H3,(H,45,47)(H,46,48)(H,49,56)(H,50,57)/t31-,32-,33-,34?/m0/s1. The number of nitrogens with one attached hydrogen (secondary N) is 4. The SMILES string of the molecule is COC(=O)NC(C(=O)N1CN(CC(F)(F)F)C[C@H]1c1ncc(-c2ccc(-c3ccc(-c4cnc([C@@H]5CCCN5C(=O)[C@@H](NC(=O)OC)C(C)C)[nH]4)cc3)cc2)[nH]1)C(C)C. The topological polar surface area (TPSA) is 178 Å². The summed E-state index contributed by atoms with van der Waals surface area (Å²) in [5, 5.41) is 5.18. The van der Waals surface area contributed by atoms with E-state index in [2.05, 4.69) is 35.3 Å². The van der Waals surface area contributed by atoms with Crippen LogP contribution in [0.25, 0.3) is 33.6 Å². The zero-order chi connectivity index (χ0) is 42.6. The molecule has 2 fully saturated rings. The van der Waals surface area contributed by atoms with Crippen molar-refractivity contribution in [1.29, 1.82) is 0 Å². The zero-order valence-corrected chi connectivity index (χ0v) is 33.8. The Hall–Kier alpha value is -5.91. The largest absolute Gasteiger partial charge is 0.453 e. The fourth-order valence-corrected chi connectivity index (χ4v) is 7.60. The van der Waals surface area contributed by atoms with E-state index in [4.69, 9.17) is 4.74 Å². The first-order chi connectivity index (χ1) is 28.1. The van der Waals surface area contributed by atoms with Crippen molar-refractivity contribution < 1.29 is 41.8 Å². The van der Waals surface area contributed by atoms with Crippen LogP contribution >= 0.6 is 0 Å². The molecule has 4 atom stereocenters. The van der Waals surface area contributed by atoms with Crippen molar-refractivity contribution in [3.05, 3.63) is 72.6 Å². The van der Waals surface area contributed by atoms with Crippen LogP contribution in [0.1, 0.15) is 64.3 Å². The smallest absolute Gasteiger partial charge is 0.407 e. The summed E-state index contributed by atoms with van der Waals surface area (Å²) in [4.78, 5) is 71.2. The molecule has 0 radical (unpaired) electrons. The van der Waals surface area contributed by atoms with Gasteiger partial charge >= 0.3 is 18.4 Å². The van der Waals surface area contributed by atoms with Gasteiger partial charge in [0.05, 0.1) is 57.3 Å². The number of alkyl halides is 3. The summed E-state index contributed by atoms with van der Waals surface area (Å²) < 4.78 is 49.7. The maximum atomic E-state index is 13.7. The van der Waals surface area contributed by atoms with Gasteiger partial charge in [-0.15, -0.1) is 0 Å². The molecule has 2 aliphatic rings. The molecule has 0 bridgehead atoms. The molecule has 59 heavy (non-hydrogen) atoms. The Kier molecular flexibility index (Phi) is 13.0. The molecule has 2 saturated heterocycles. The average Bonchev–Trinajstić information content (AvgIpc) is 4.04. The van der Waals surface area contributed by atoms with Gasteiger partial charge in [0.1, 0.15) is 29.8 Å². The summed E-state index contributed by atoms with van der Waals surface area (Å²) in [6.07, 6.45) is -1.06. The Bertz CT molecular complexity index is 2100. The highest BCUT2D eigenvalue weighted by Gasteiger charge is 2.44. The minimum absolute atomic E-state index is 0.107. The van der Waals surface area contributed by atoms with Gasteiger partial charge in [-0.2, -0.15) is 13.2 Å². The van der Waals surface area contributed by atoms with Crippen LogP contribution in [0, 0.1) is 11.8 Å². The first kappa shape index (κ1) is 42.7. The van der Waals surface area contributed by atoms with Crippen molar-refractivity contribution in [2.24, 2.45) is 11.8 Å². The number of rotatable bonds is 12. The van der Waals surface area contributed by atoms with E-state index in [0.717, 1.165) is 45.7 Å². The second-order valence-corrected chi connectivity index (χ2v) is 15.5. The van der Waals surface area contributed by atoms with E-state index >= 15 is 0 Å². The molecule has 0 saturated carbocycles. The number of methoxy groups -OCH3 is 2. The number of aromatic nitrogens is 4. The predicted molar refractivity (Wildman–Crippen MR) is 211 cm³/mol. The van der Waals surface area contributed by atoms with Crippen molar-refractivity contribution >= 4 is 24.0 Å². The number of alkyl carbamates (subject to hydrolysis) is 2. The van der Waals surface area contributed by atoms with Crippen molar-refractivity contribution in [2.75, 3.05) is 40.5 Å². The van der Waals surface area contributed by atoms with Crippen LogP contribution in [0.15, 0.2) is 60.9 Å². The second kappa shape index (κ2) is 17.9. The van der Waals surface area contributed by atoms with Crippen LogP contribution in [0.5, 0.6) is 0 Å². The second-order valence-electron chi connectivity index (χ2n) is 15.5. The van der Waals surface area contributed by atoms with E-state index < -0.39 is 48.9 Å². The monoisotopic (exact) mass is 821 g/mol. The number of carbonyl (C=O) groups excluding carboxylic acids is 4. The third-order valence-electron chi connectivity index (χ3n) is 10.7. The normalized spacial score (nSPS) is 18.3. The molecule has 0 spiro atoms. The van der Waals surface area contributed by atoms with Gasteiger partial charge in [-0.05, 0) is 46.9 Å². The molecule has 4 aromatic rings. The molecule has 4 N–H and O–H groups in total. The molecule has 6 rings (SSSR count). The van der Waals surface area contributed by atoms with Gasteiger partial charge in [-0.1, -0.05) is 76.2 Å². The molecule has 2 aromatic heterocycles. The average molecular weight is 822 g/mol. The number of benzene rings is 2. The predicted octanol–water partition coefficient (Wildman–Crippen LogP) is 6.26. The Morgan fingerprint density at radius 1 is 0.729 bits per heavy atom. The molecule has 316 valence electrons. The van der Waals surface area contributed by atoms with Gasteiger partial charge in [0.15, 0.2) is 0 Å². The molecule has 1 unspecified atom stereocenters. The van der Waals surface area contributed by atoms with Crippen molar-refractivity contribution in [3.63, 3.8) is 0 Å². The Balaban J connectivity index is 1.14. The van der Waals surface area contributed by atoms with Gasteiger partial charge in [-0.25, -0.2) is 19.6 Å². The number of H-pyrrole nitrogens is 2. The van der Waals surface area contributed by atoms with Crippen molar-refractivity contribution in [3.8, 4) is 33.6 Å². The highest BCUT2D eigenvalue weighted by atomic mass is 19.4.